The van der Waals surface area contributed by atoms with Gasteiger partial charge in [0.1, 0.15) is 13.2 Å². The molecular formula is C11H20O4S2. The first-order valence-electron chi connectivity index (χ1n) is 5.58. The molecule has 0 unspecified atom stereocenters. The van der Waals surface area contributed by atoms with Gasteiger partial charge in [0.2, 0.25) is 0 Å². The Bertz CT molecular complexity index is 222. The Labute approximate surface area is 111 Å². The summed E-state index contributed by atoms with van der Waals surface area (Å²) in [5.41, 5.74) is 0. The number of esters is 2. The van der Waals surface area contributed by atoms with Crippen LogP contribution in [0.4, 0.5) is 0 Å². The lowest BCUT2D eigenvalue weighted by atomic mass is 10.5. The fraction of sp³-hybridized carbons (Fsp3) is 0.818. The van der Waals surface area contributed by atoms with Crippen LogP contribution >= 0.6 is 23.5 Å². The van der Waals surface area contributed by atoms with Crippen LogP contribution in [-0.2, 0) is 19.1 Å². The molecule has 0 rings (SSSR count). The molecule has 6 heteroatoms. The quantitative estimate of drug-likeness (QED) is 0.450. The van der Waals surface area contributed by atoms with Crippen molar-refractivity contribution in [3.05, 3.63) is 0 Å². The molecule has 0 aromatic carbocycles. The van der Waals surface area contributed by atoms with E-state index >= 15 is 0 Å². The highest BCUT2D eigenvalue weighted by atomic mass is 32.2. The predicted molar refractivity (Wildman–Crippen MR) is 72.5 cm³/mol. The first-order valence-corrected chi connectivity index (χ1v) is 8.13. The van der Waals surface area contributed by atoms with Gasteiger partial charge in [-0.25, -0.2) is 0 Å². The van der Waals surface area contributed by atoms with E-state index < -0.39 is 0 Å². The lowest BCUT2D eigenvalue weighted by molar-refractivity contribution is -0.151. The van der Waals surface area contributed by atoms with Gasteiger partial charge in [-0.3, -0.25) is 9.59 Å². The molecule has 0 aromatic rings. The summed E-state index contributed by atoms with van der Waals surface area (Å²) in [6.07, 6.45) is 2.75. The fourth-order valence-electron chi connectivity index (χ4n) is 0.941. The molecule has 0 heterocycles. The maximum Gasteiger partial charge on any atom is 0.306 e. The van der Waals surface area contributed by atoms with Crippen LogP contribution in [0.5, 0.6) is 0 Å². The largest absolute Gasteiger partial charge is 0.462 e. The molecule has 0 atom stereocenters. The Morgan fingerprint density at radius 3 is 2.00 bits per heavy atom. The van der Waals surface area contributed by atoms with E-state index in [9.17, 15) is 9.59 Å². The molecule has 0 N–H and O–H groups in total. The van der Waals surface area contributed by atoms with Gasteiger partial charge in [0, 0.05) is 11.5 Å². The van der Waals surface area contributed by atoms with Crippen molar-refractivity contribution < 1.29 is 19.1 Å². The van der Waals surface area contributed by atoms with Crippen molar-refractivity contribution >= 4 is 35.5 Å². The number of hydrogen-bond donors (Lipinski definition) is 0. The van der Waals surface area contributed by atoms with E-state index in [2.05, 4.69) is 0 Å². The van der Waals surface area contributed by atoms with Crippen molar-refractivity contribution in [3.63, 3.8) is 0 Å². The molecular weight excluding hydrogens is 260 g/mol. The van der Waals surface area contributed by atoms with E-state index in [1.165, 1.54) is 0 Å². The van der Waals surface area contributed by atoms with Crippen LogP contribution in [0.25, 0.3) is 0 Å². The smallest absolute Gasteiger partial charge is 0.306 e. The molecule has 0 bridgehead atoms. The van der Waals surface area contributed by atoms with Gasteiger partial charge in [-0.05, 0) is 12.0 Å². The Morgan fingerprint density at radius 1 is 1.00 bits per heavy atom. The first-order chi connectivity index (χ1) is 8.20. The highest BCUT2D eigenvalue weighted by molar-refractivity contribution is 7.99. The third-order valence-electron chi connectivity index (χ3n) is 1.77. The van der Waals surface area contributed by atoms with E-state index in [4.69, 9.17) is 9.47 Å². The molecule has 0 aliphatic carbocycles. The zero-order valence-electron chi connectivity index (χ0n) is 10.4. The maximum absolute atomic E-state index is 11.2. The third-order valence-corrected chi connectivity index (χ3v) is 3.29. The normalized spacial score (nSPS) is 10.0. The zero-order valence-corrected chi connectivity index (χ0v) is 12.0. The summed E-state index contributed by atoms with van der Waals surface area (Å²) in [5.74, 6) is 2.07. The Hall–Kier alpha value is -0.360. The number of carbonyl (C=O) groups is 2. The average Bonchev–Trinajstić information content (AvgIpc) is 2.32. The Kier molecular flexibility index (Phi) is 11.8. The minimum atomic E-state index is -0.239. The molecule has 17 heavy (non-hydrogen) atoms. The van der Waals surface area contributed by atoms with Crippen molar-refractivity contribution in [1.82, 2.24) is 0 Å². The van der Waals surface area contributed by atoms with Gasteiger partial charge in [-0.1, -0.05) is 6.92 Å². The monoisotopic (exact) mass is 280 g/mol. The van der Waals surface area contributed by atoms with Gasteiger partial charge in [0.15, 0.2) is 0 Å². The molecule has 0 saturated carbocycles. The van der Waals surface area contributed by atoms with Gasteiger partial charge in [0.25, 0.3) is 0 Å². The molecule has 100 valence electrons. The van der Waals surface area contributed by atoms with E-state index in [1.54, 1.807) is 23.5 Å². The molecule has 0 aliphatic rings. The molecule has 0 amide bonds. The highest BCUT2D eigenvalue weighted by Gasteiger charge is 2.04. The summed E-state index contributed by atoms with van der Waals surface area (Å²) in [6, 6.07) is 0. The molecule has 4 nitrogen and oxygen atoms in total. The van der Waals surface area contributed by atoms with Crippen molar-refractivity contribution in [3.8, 4) is 0 Å². The summed E-state index contributed by atoms with van der Waals surface area (Å²) in [4.78, 5) is 22.2. The van der Waals surface area contributed by atoms with Crippen LogP contribution in [0.15, 0.2) is 0 Å². The lowest BCUT2D eigenvalue weighted by Crippen LogP contribution is -2.14. The summed E-state index contributed by atoms with van der Waals surface area (Å²) >= 11 is 3.30. The topological polar surface area (TPSA) is 52.6 Å². The number of carbonyl (C=O) groups excluding carboxylic acids is 2. The van der Waals surface area contributed by atoms with Crippen LogP contribution in [0, 0.1) is 0 Å². The van der Waals surface area contributed by atoms with Crippen molar-refractivity contribution in [2.24, 2.45) is 0 Å². The molecule has 0 aliphatic heterocycles. The van der Waals surface area contributed by atoms with Crippen LogP contribution < -0.4 is 0 Å². The van der Waals surface area contributed by atoms with Crippen molar-refractivity contribution in [1.29, 1.82) is 0 Å². The van der Waals surface area contributed by atoms with Crippen LogP contribution in [0.3, 0.4) is 0 Å². The summed E-state index contributed by atoms with van der Waals surface area (Å²) in [5, 5.41) is 0. The van der Waals surface area contributed by atoms with Gasteiger partial charge < -0.3 is 9.47 Å². The number of ether oxygens (including phenoxy) is 2. The standard InChI is InChI=1S/C11H20O4S2/c1-3-17-9-5-11(13)15-7-6-14-10(12)4-8-16-2/h3-9H2,1-2H3. The Balaban J connectivity index is 3.32. The average molecular weight is 280 g/mol. The molecule has 0 fully saturated rings. The lowest BCUT2D eigenvalue weighted by Gasteiger charge is -2.05. The number of rotatable bonds is 10. The molecule has 0 spiro atoms. The van der Waals surface area contributed by atoms with Gasteiger partial charge >= 0.3 is 11.9 Å². The zero-order chi connectivity index (χ0) is 12.9. The second kappa shape index (κ2) is 12.1. The van der Waals surface area contributed by atoms with Crippen LogP contribution in [0.2, 0.25) is 0 Å². The van der Waals surface area contributed by atoms with Crippen molar-refractivity contribution in [2.45, 2.75) is 19.8 Å². The van der Waals surface area contributed by atoms with E-state index in [0.717, 1.165) is 17.3 Å². The van der Waals surface area contributed by atoms with E-state index in [0.29, 0.717) is 12.8 Å². The maximum atomic E-state index is 11.2. The Morgan fingerprint density at radius 2 is 1.53 bits per heavy atom. The van der Waals surface area contributed by atoms with E-state index in [1.807, 2.05) is 13.2 Å². The fourth-order valence-corrected chi connectivity index (χ4v) is 1.91. The minimum absolute atomic E-state index is 0.153. The number of thioether (sulfide) groups is 2. The first kappa shape index (κ1) is 16.6. The summed E-state index contributed by atoms with van der Waals surface area (Å²) < 4.78 is 9.79. The SMILES string of the molecule is CCSCCC(=O)OCCOC(=O)CCSC. The second-order valence-electron chi connectivity index (χ2n) is 3.13. The summed E-state index contributed by atoms with van der Waals surface area (Å²) in [7, 11) is 0. The van der Waals surface area contributed by atoms with E-state index in [-0.39, 0.29) is 25.2 Å². The van der Waals surface area contributed by atoms with Gasteiger partial charge in [-0.15, -0.1) is 0 Å². The number of hydrogen-bond acceptors (Lipinski definition) is 6. The molecule has 0 radical (unpaired) electrons. The predicted octanol–water partition coefficient (Wildman–Crippen LogP) is 1.97. The van der Waals surface area contributed by atoms with Crippen molar-refractivity contribution in [2.75, 3.05) is 36.7 Å². The highest BCUT2D eigenvalue weighted by Crippen LogP contribution is 2.02. The van der Waals surface area contributed by atoms with Gasteiger partial charge in [0.05, 0.1) is 12.8 Å². The second-order valence-corrected chi connectivity index (χ2v) is 5.51. The van der Waals surface area contributed by atoms with Gasteiger partial charge in [-0.2, -0.15) is 23.5 Å². The molecule has 0 saturated heterocycles. The minimum Gasteiger partial charge on any atom is -0.462 e. The van der Waals surface area contributed by atoms with Crippen LogP contribution in [-0.4, -0.2) is 48.7 Å². The third kappa shape index (κ3) is 11.9. The van der Waals surface area contributed by atoms with Crippen LogP contribution in [0.1, 0.15) is 19.8 Å². The molecule has 0 aromatic heterocycles. The summed E-state index contributed by atoms with van der Waals surface area (Å²) in [6.45, 7) is 2.35.